The molecule has 3 fully saturated rings. The minimum Gasteiger partial charge on any atom is -0.469 e. The van der Waals surface area contributed by atoms with E-state index in [1.54, 1.807) is 0 Å². The molecule has 3 aliphatic rings. The summed E-state index contributed by atoms with van der Waals surface area (Å²) in [6.45, 7) is 8.19. The average molecular weight is 628 g/mol. The lowest BCUT2D eigenvalue weighted by Crippen LogP contribution is -2.32. The molecule has 2 saturated heterocycles. The van der Waals surface area contributed by atoms with Crippen LogP contribution in [0.3, 0.4) is 0 Å². The zero-order valence-electron chi connectivity index (χ0n) is 25.5. The van der Waals surface area contributed by atoms with E-state index in [-0.39, 0.29) is 30.8 Å². The van der Waals surface area contributed by atoms with Gasteiger partial charge in [0.25, 0.3) is 0 Å². The maximum Gasteiger partial charge on any atom is 0.305 e. The predicted octanol–water partition coefficient (Wildman–Crippen LogP) is 8.27. The number of hydrogen-bond donors (Lipinski definition) is 0. The summed E-state index contributed by atoms with van der Waals surface area (Å²) in [5, 5.41) is 0. The number of carbonyl (C=O) groups excluding carboxylic acids is 1. The molecule has 8 atom stereocenters. The highest BCUT2D eigenvalue weighted by atomic mass is 79.9. The molecule has 2 aliphatic heterocycles. The Labute approximate surface area is 252 Å². The SMILES string of the molecule is COC(=O)CCCCCC[C@@H]1[C@@H](/C=C/[C@@H](OC2CCCCO2)C(C)CC=C(C)C)[C@H](OC2CCCCO2)C[C@@H]1Br. The maximum atomic E-state index is 11.4. The predicted molar refractivity (Wildman–Crippen MR) is 163 cm³/mol. The lowest BCUT2D eigenvalue weighted by Gasteiger charge is -2.31. The van der Waals surface area contributed by atoms with Crippen LogP contribution in [0.4, 0.5) is 0 Å². The molecule has 0 aromatic rings. The van der Waals surface area contributed by atoms with Crippen molar-refractivity contribution in [3.63, 3.8) is 0 Å². The fourth-order valence-electron chi connectivity index (χ4n) is 6.13. The first-order chi connectivity index (χ1) is 19.4. The largest absolute Gasteiger partial charge is 0.469 e. The summed E-state index contributed by atoms with van der Waals surface area (Å²) in [4.78, 5) is 11.8. The third-order valence-electron chi connectivity index (χ3n) is 8.63. The molecule has 3 unspecified atom stereocenters. The minimum absolute atomic E-state index is 0.00127. The van der Waals surface area contributed by atoms with Gasteiger partial charge in [-0.15, -0.1) is 0 Å². The lowest BCUT2D eigenvalue weighted by atomic mass is 9.88. The number of methoxy groups -OCH3 is 1. The molecular weight excluding hydrogens is 572 g/mol. The van der Waals surface area contributed by atoms with E-state index in [2.05, 4.69) is 54.9 Å². The topological polar surface area (TPSA) is 63.2 Å². The van der Waals surface area contributed by atoms with Gasteiger partial charge >= 0.3 is 5.97 Å². The third kappa shape index (κ3) is 11.9. The molecule has 3 rings (SSSR count). The first-order valence-electron chi connectivity index (χ1n) is 15.9. The van der Waals surface area contributed by atoms with Crippen LogP contribution in [0, 0.1) is 17.8 Å². The van der Waals surface area contributed by atoms with Crippen molar-refractivity contribution in [1.82, 2.24) is 0 Å². The second-order valence-electron chi connectivity index (χ2n) is 12.3. The molecule has 2 heterocycles. The summed E-state index contributed by atoms with van der Waals surface area (Å²) in [5.74, 6) is 1.04. The first-order valence-corrected chi connectivity index (χ1v) is 16.9. The molecule has 6 nitrogen and oxygen atoms in total. The zero-order valence-corrected chi connectivity index (χ0v) is 27.1. The number of esters is 1. The van der Waals surface area contributed by atoms with Crippen molar-refractivity contribution in [1.29, 1.82) is 0 Å². The number of allylic oxidation sites excluding steroid dienone is 2. The Morgan fingerprint density at radius 1 is 1.00 bits per heavy atom. The molecular formula is C33H55BrO6. The van der Waals surface area contributed by atoms with Gasteiger partial charge in [0, 0.05) is 30.4 Å². The van der Waals surface area contributed by atoms with E-state index in [0.717, 1.165) is 90.3 Å². The summed E-state index contributed by atoms with van der Waals surface area (Å²) in [6.07, 6.45) is 21.4. The second kappa shape index (κ2) is 18.7. The number of halogens is 1. The Bertz CT molecular complexity index is 769. The van der Waals surface area contributed by atoms with E-state index in [0.29, 0.717) is 29.0 Å². The molecule has 0 aromatic carbocycles. The monoisotopic (exact) mass is 626 g/mol. The molecule has 230 valence electrons. The molecule has 0 aromatic heterocycles. The van der Waals surface area contributed by atoms with E-state index >= 15 is 0 Å². The van der Waals surface area contributed by atoms with Gasteiger partial charge < -0.3 is 23.7 Å². The highest BCUT2D eigenvalue weighted by Crippen LogP contribution is 2.44. The summed E-state index contributed by atoms with van der Waals surface area (Å²) >= 11 is 4.04. The Morgan fingerprint density at radius 3 is 2.35 bits per heavy atom. The highest BCUT2D eigenvalue weighted by molar-refractivity contribution is 9.09. The summed E-state index contributed by atoms with van der Waals surface area (Å²) in [6, 6.07) is 0. The molecule has 0 radical (unpaired) electrons. The maximum absolute atomic E-state index is 11.4. The van der Waals surface area contributed by atoms with E-state index < -0.39 is 0 Å². The van der Waals surface area contributed by atoms with Crippen LogP contribution in [-0.4, -0.2) is 55.9 Å². The van der Waals surface area contributed by atoms with Gasteiger partial charge in [0.2, 0.25) is 0 Å². The molecule has 40 heavy (non-hydrogen) atoms. The van der Waals surface area contributed by atoms with Gasteiger partial charge in [-0.25, -0.2) is 0 Å². The van der Waals surface area contributed by atoms with Crippen molar-refractivity contribution < 1.29 is 28.5 Å². The van der Waals surface area contributed by atoms with Gasteiger partial charge in [-0.3, -0.25) is 4.79 Å². The van der Waals surface area contributed by atoms with Crippen molar-refractivity contribution in [2.45, 2.75) is 140 Å². The van der Waals surface area contributed by atoms with E-state index in [4.69, 9.17) is 23.7 Å². The number of carbonyl (C=O) groups is 1. The quantitative estimate of drug-likeness (QED) is 0.0743. The second-order valence-corrected chi connectivity index (χ2v) is 13.4. The Hall–Kier alpha value is -0.730. The number of hydrogen-bond acceptors (Lipinski definition) is 6. The number of alkyl halides is 1. The Morgan fingerprint density at radius 2 is 1.70 bits per heavy atom. The van der Waals surface area contributed by atoms with Gasteiger partial charge in [-0.1, -0.05) is 65.9 Å². The highest BCUT2D eigenvalue weighted by Gasteiger charge is 2.42. The smallest absolute Gasteiger partial charge is 0.305 e. The first kappa shape index (κ1) is 33.8. The van der Waals surface area contributed by atoms with Gasteiger partial charge in [0.15, 0.2) is 12.6 Å². The third-order valence-corrected chi connectivity index (χ3v) is 9.69. The van der Waals surface area contributed by atoms with Crippen LogP contribution >= 0.6 is 15.9 Å². The molecule has 1 saturated carbocycles. The molecule has 0 spiro atoms. The normalized spacial score (nSPS) is 30.7. The van der Waals surface area contributed by atoms with Crippen molar-refractivity contribution >= 4 is 21.9 Å². The van der Waals surface area contributed by atoms with E-state index in [1.807, 2.05) is 0 Å². The van der Waals surface area contributed by atoms with Crippen molar-refractivity contribution in [2.24, 2.45) is 17.8 Å². The average Bonchev–Trinajstić information content (AvgIpc) is 3.25. The number of rotatable bonds is 16. The number of ether oxygens (including phenoxy) is 5. The summed E-state index contributed by atoms with van der Waals surface area (Å²) in [7, 11) is 1.46. The molecule has 7 heteroatoms. The van der Waals surface area contributed by atoms with E-state index in [1.165, 1.54) is 19.1 Å². The van der Waals surface area contributed by atoms with Gasteiger partial charge in [-0.2, -0.15) is 0 Å². The minimum atomic E-state index is -0.117. The molecule has 0 amide bonds. The van der Waals surface area contributed by atoms with Crippen LogP contribution in [0.15, 0.2) is 23.8 Å². The van der Waals surface area contributed by atoms with Crippen molar-refractivity contribution in [3.05, 3.63) is 23.8 Å². The van der Waals surface area contributed by atoms with Crippen LogP contribution in [0.1, 0.15) is 111 Å². The van der Waals surface area contributed by atoms with Gasteiger partial charge in [-0.05, 0) is 89.9 Å². The van der Waals surface area contributed by atoms with Crippen LogP contribution in [0.25, 0.3) is 0 Å². The van der Waals surface area contributed by atoms with Gasteiger partial charge in [0.1, 0.15) is 0 Å². The van der Waals surface area contributed by atoms with E-state index in [9.17, 15) is 4.79 Å². The fourth-order valence-corrected chi connectivity index (χ4v) is 7.12. The Kier molecular flexibility index (Phi) is 15.8. The Balaban J connectivity index is 1.68. The van der Waals surface area contributed by atoms with Crippen molar-refractivity contribution in [2.75, 3.05) is 20.3 Å². The number of unbranched alkanes of at least 4 members (excludes halogenated alkanes) is 3. The van der Waals surface area contributed by atoms with Crippen LogP contribution in [0.5, 0.6) is 0 Å². The summed E-state index contributed by atoms with van der Waals surface area (Å²) < 4.78 is 30.0. The van der Waals surface area contributed by atoms with Crippen LogP contribution in [-0.2, 0) is 28.5 Å². The molecule has 1 aliphatic carbocycles. The lowest BCUT2D eigenvalue weighted by molar-refractivity contribution is -0.193. The zero-order chi connectivity index (χ0) is 28.7. The van der Waals surface area contributed by atoms with Gasteiger partial charge in [0.05, 0.1) is 19.3 Å². The molecule has 0 bridgehead atoms. The standard InChI is InChI=1S/C33H55BrO6/c1-24(2)17-18-25(3)29(39-32-15-9-11-21-37-32)20-19-27-26(13-7-5-6-8-14-31(35)36-4)28(34)23-30(27)40-33-16-10-12-22-38-33/h17,19-20,25-30,32-33H,5-16,18,21-23H2,1-4H3/b20-19+/t25?,26-,27-,28+,29-,30-,32?,33?/m1/s1. The van der Waals surface area contributed by atoms with Crippen molar-refractivity contribution in [3.8, 4) is 0 Å². The van der Waals surface area contributed by atoms with Crippen LogP contribution < -0.4 is 0 Å². The molecule has 0 N–H and O–H groups in total. The van der Waals surface area contributed by atoms with Crippen LogP contribution in [0.2, 0.25) is 0 Å². The summed E-state index contributed by atoms with van der Waals surface area (Å²) in [5.41, 5.74) is 1.34. The fraction of sp³-hybridized carbons (Fsp3) is 0.848.